The summed E-state index contributed by atoms with van der Waals surface area (Å²) in [4.78, 5) is 42.0. The summed E-state index contributed by atoms with van der Waals surface area (Å²) in [6.07, 6.45) is 0.377. The number of carbonyl (C=O) groups excluding carboxylic acids is 2. The monoisotopic (exact) mass is 706 g/mol. The molecule has 0 saturated heterocycles. The number of methoxy groups -OCH3 is 1. The van der Waals surface area contributed by atoms with Gasteiger partial charge in [-0.25, -0.2) is 4.79 Å². The number of nitro benzene ring substituents is 1. The van der Waals surface area contributed by atoms with Gasteiger partial charge in [-0.3, -0.25) is 19.9 Å². The number of rotatable bonds is 17. The molecular formula is C41H42N2O9. The van der Waals surface area contributed by atoms with E-state index in [1.807, 2.05) is 84.9 Å². The summed E-state index contributed by atoms with van der Waals surface area (Å²) >= 11 is 0. The van der Waals surface area contributed by atoms with Gasteiger partial charge in [0.2, 0.25) is 6.29 Å². The Kier molecular flexibility index (Phi) is 13.4. The van der Waals surface area contributed by atoms with E-state index in [9.17, 15) is 19.7 Å². The molecule has 11 nitrogen and oxygen atoms in total. The fraction of sp³-hybridized carbons (Fsp3) is 0.293. The maximum atomic E-state index is 13.6. The maximum Gasteiger partial charge on any atom is 0.336 e. The van der Waals surface area contributed by atoms with Crippen LogP contribution in [0.1, 0.15) is 48.4 Å². The van der Waals surface area contributed by atoms with Gasteiger partial charge in [0.1, 0.15) is 11.7 Å². The zero-order valence-electron chi connectivity index (χ0n) is 29.4. The van der Waals surface area contributed by atoms with Gasteiger partial charge in [0, 0.05) is 42.3 Å². The van der Waals surface area contributed by atoms with Gasteiger partial charge in [0.05, 0.1) is 44.0 Å². The number of hydrogen-bond acceptors (Lipinski definition) is 10. The summed E-state index contributed by atoms with van der Waals surface area (Å²) in [5, 5.41) is 11.5. The highest BCUT2D eigenvalue weighted by atomic mass is 16.7. The average Bonchev–Trinajstić information content (AvgIpc) is 3.16. The maximum absolute atomic E-state index is 13.6. The van der Waals surface area contributed by atoms with Crippen LogP contribution in [0, 0.1) is 16.0 Å². The van der Waals surface area contributed by atoms with Crippen molar-refractivity contribution in [3.63, 3.8) is 0 Å². The van der Waals surface area contributed by atoms with Crippen LogP contribution in [0.3, 0.4) is 0 Å². The third-order valence-electron chi connectivity index (χ3n) is 8.65. The van der Waals surface area contributed by atoms with Crippen LogP contribution in [-0.4, -0.2) is 49.2 Å². The number of non-ortho nitro benzene ring substituents is 1. The van der Waals surface area contributed by atoms with E-state index in [1.54, 1.807) is 19.9 Å². The van der Waals surface area contributed by atoms with Gasteiger partial charge in [0.25, 0.3) is 5.69 Å². The molecule has 4 aromatic rings. The second-order valence-electron chi connectivity index (χ2n) is 12.3. The van der Waals surface area contributed by atoms with Gasteiger partial charge >= 0.3 is 11.9 Å². The molecule has 0 aliphatic carbocycles. The van der Waals surface area contributed by atoms with Crippen molar-refractivity contribution in [3.8, 4) is 5.75 Å². The number of allylic oxidation sites excluding steroid dienone is 1. The molecule has 0 aromatic heterocycles. The van der Waals surface area contributed by atoms with Crippen molar-refractivity contribution in [2.24, 2.45) is 10.9 Å². The van der Waals surface area contributed by atoms with Crippen molar-refractivity contribution in [2.75, 3.05) is 20.3 Å². The number of ether oxygens (including phenoxy) is 5. The van der Waals surface area contributed by atoms with E-state index in [2.05, 4.69) is 4.99 Å². The molecule has 0 fully saturated rings. The Hall–Kier alpha value is -5.65. The molecule has 0 spiro atoms. The smallest absolute Gasteiger partial charge is 0.336 e. The standard InChI is InChI=1S/C41H42N2O9/c1-28-37(40(44)48-3)39(33-15-10-16-34(25-33)43(46)47)38(29(2)42-28)41(45)50-24-21-30-17-19-35(20-18-30)52-36(51-27-32-13-8-5-9-14-32)22-23-49-26-31-11-6-4-7-12-31/h4-20,25,36-37,39H,21-24,26-27H2,1-3H3. The Morgan fingerprint density at radius 1 is 0.827 bits per heavy atom. The van der Waals surface area contributed by atoms with Crippen molar-refractivity contribution in [2.45, 2.75) is 52.1 Å². The topological polar surface area (TPSA) is 136 Å². The lowest BCUT2D eigenvalue weighted by Gasteiger charge is -2.31. The van der Waals surface area contributed by atoms with Crippen LogP contribution >= 0.6 is 0 Å². The second kappa shape index (κ2) is 18.5. The lowest BCUT2D eigenvalue weighted by molar-refractivity contribution is -0.384. The predicted molar refractivity (Wildman–Crippen MR) is 195 cm³/mol. The van der Waals surface area contributed by atoms with Crippen LogP contribution in [-0.2, 0) is 48.2 Å². The summed E-state index contributed by atoms with van der Waals surface area (Å²) in [5.74, 6) is -2.49. The van der Waals surface area contributed by atoms with Crippen molar-refractivity contribution in [1.29, 1.82) is 0 Å². The first-order valence-electron chi connectivity index (χ1n) is 17.0. The van der Waals surface area contributed by atoms with Crippen molar-refractivity contribution >= 4 is 23.3 Å². The minimum atomic E-state index is -0.957. The zero-order valence-corrected chi connectivity index (χ0v) is 29.4. The lowest BCUT2D eigenvalue weighted by atomic mass is 9.75. The molecule has 1 heterocycles. The largest absolute Gasteiger partial charge is 0.468 e. The third kappa shape index (κ3) is 10.2. The fourth-order valence-electron chi connectivity index (χ4n) is 6.04. The van der Waals surface area contributed by atoms with E-state index in [0.29, 0.717) is 55.4 Å². The summed E-state index contributed by atoms with van der Waals surface area (Å²) in [7, 11) is 1.25. The first-order valence-corrected chi connectivity index (χ1v) is 17.0. The Morgan fingerprint density at radius 2 is 1.50 bits per heavy atom. The Labute approximate surface area is 303 Å². The molecule has 52 heavy (non-hydrogen) atoms. The van der Waals surface area contributed by atoms with Gasteiger partial charge in [-0.15, -0.1) is 0 Å². The van der Waals surface area contributed by atoms with E-state index in [4.69, 9.17) is 23.7 Å². The van der Waals surface area contributed by atoms with Crippen LogP contribution < -0.4 is 4.74 Å². The molecule has 270 valence electrons. The summed E-state index contributed by atoms with van der Waals surface area (Å²) in [6, 6.07) is 33.2. The van der Waals surface area contributed by atoms with E-state index in [-0.39, 0.29) is 17.9 Å². The summed E-state index contributed by atoms with van der Waals surface area (Å²) < 4.78 is 29.0. The normalized spacial score (nSPS) is 16.1. The fourth-order valence-corrected chi connectivity index (χ4v) is 6.04. The van der Waals surface area contributed by atoms with Crippen molar-refractivity contribution in [1.82, 2.24) is 0 Å². The van der Waals surface area contributed by atoms with Gasteiger partial charge in [-0.1, -0.05) is 84.9 Å². The number of aliphatic imine (C=N–C) groups is 1. The van der Waals surface area contributed by atoms with E-state index < -0.39 is 35.0 Å². The number of nitrogens with zero attached hydrogens (tertiary/aromatic N) is 2. The third-order valence-corrected chi connectivity index (χ3v) is 8.65. The molecule has 3 atom stereocenters. The molecule has 0 bridgehead atoms. The molecular weight excluding hydrogens is 664 g/mol. The van der Waals surface area contributed by atoms with Gasteiger partial charge in [-0.05, 0) is 48.2 Å². The Morgan fingerprint density at radius 3 is 2.15 bits per heavy atom. The first-order chi connectivity index (χ1) is 25.2. The van der Waals surface area contributed by atoms with Crippen molar-refractivity contribution < 1.29 is 38.2 Å². The van der Waals surface area contributed by atoms with Gasteiger partial charge in [-0.2, -0.15) is 0 Å². The molecule has 0 saturated carbocycles. The molecule has 4 aromatic carbocycles. The molecule has 0 N–H and O–H groups in total. The van der Waals surface area contributed by atoms with Crippen LogP contribution in [0.2, 0.25) is 0 Å². The molecule has 5 rings (SSSR count). The minimum Gasteiger partial charge on any atom is -0.468 e. The molecule has 0 amide bonds. The van der Waals surface area contributed by atoms with E-state index >= 15 is 0 Å². The second-order valence-corrected chi connectivity index (χ2v) is 12.3. The molecule has 1 aliphatic rings. The zero-order chi connectivity index (χ0) is 36.9. The highest BCUT2D eigenvalue weighted by molar-refractivity contribution is 6.07. The van der Waals surface area contributed by atoms with Crippen molar-refractivity contribution in [3.05, 3.63) is 153 Å². The number of carbonyl (C=O) groups is 2. The molecule has 1 aliphatic heterocycles. The van der Waals surface area contributed by atoms with Crippen LogP contribution in [0.15, 0.2) is 125 Å². The quantitative estimate of drug-likeness (QED) is 0.0359. The van der Waals surface area contributed by atoms with Gasteiger partial charge < -0.3 is 23.7 Å². The van der Waals surface area contributed by atoms with Crippen LogP contribution in [0.4, 0.5) is 5.69 Å². The number of esters is 2. The van der Waals surface area contributed by atoms with Gasteiger partial charge in [0.15, 0.2) is 0 Å². The molecule has 3 unspecified atom stereocenters. The summed E-state index contributed by atoms with van der Waals surface area (Å²) in [5.41, 5.74) is 4.23. The lowest BCUT2D eigenvalue weighted by Crippen LogP contribution is -2.36. The predicted octanol–water partition coefficient (Wildman–Crippen LogP) is 7.53. The highest BCUT2D eigenvalue weighted by Gasteiger charge is 2.42. The van der Waals surface area contributed by atoms with Crippen LogP contribution in [0.25, 0.3) is 0 Å². The van der Waals surface area contributed by atoms with Crippen LogP contribution in [0.5, 0.6) is 5.75 Å². The Balaban J connectivity index is 1.21. The number of nitro groups is 1. The average molecular weight is 707 g/mol. The molecule has 11 heteroatoms. The number of benzene rings is 4. The minimum absolute atomic E-state index is 0.0463. The Bertz CT molecular complexity index is 1880. The number of hydrogen-bond donors (Lipinski definition) is 0. The first kappa shape index (κ1) is 37.6. The molecule has 0 radical (unpaired) electrons. The van der Waals surface area contributed by atoms with E-state index in [1.165, 1.54) is 25.3 Å². The van der Waals surface area contributed by atoms with E-state index in [0.717, 1.165) is 16.7 Å². The SMILES string of the molecule is COC(=O)C1C(C)=NC(C)=C(C(=O)OCCc2ccc(OC(CCOCc3ccccc3)OCc3ccccc3)cc2)C1c1cccc([N+](=O)[O-])c1. The highest BCUT2D eigenvalue weighted by Crippen LogP contribution is 2.41. The summed E-state index contributed by atoms with van der Waals surface area (Å²) in [6.45, 7) is 4.70.